The van der Waals surface area contributed by atoms with Gasteiger partial charge in [-0.3, -0.25) is 0 Å². The van der Waals surface area contributed by atoms with Gasteiger partial charge in [0.05, 0.1) is 0 Å². The first-order valence-corrected chi connectivity index (χ1v) is 4.62. The molecule has 0 aliphatic carbocycles. The highest BCUT2D eigenvalue weighted by atomic mass is 35.5. The summed E-state index contributed by atoms with van der Waals surface area (Å²) < 4.78 is 5.35. The second kappa shape index (κ2) is 5.36. The van der Waals surface area contributed by atoms with Crippen molar-refractivity contribution in [2.75, 3.05) is 6.61 Å². The predicted octanol–water partition coefficient (Wildman–Crippen LogP) is 3.08. The van der Waals surface area contributed by atoms with Gasteiger partial charge in [0.1, 0.15) is 12.4 Å². The third kappa shape index (κ3) is 2.55. The van der Waals surface area contributed by atoms with Gasteiger partial charge < -0.3 is 4.74 Å². The van der Waals surface area contributed by atoms with Crippen molar-refractivity contribution < 1.29 is 4.74 Å². The van der Waals surface area contributed by atoms with Gasteiger partial charge in [-0.15, -0.1) is 13.0 Å². The molecule has 1 rings (SSSR count). The molecule has 0 saturated carbocycles. The van der Waals surface area contributed by atoms with Crippen LogP contribution in [0.25, 0.3) is 0 Å². The smallest absolute Gasteiger partial charge is 0.148 e. The molecule has 0 aliphatic heterocycles. The molecular formula is C12H11ClO. The van der Waals surface area contributed by atoms with E-state index in [2.05, 4.69) is 12.5 Å². The van der Waals surface area contributed by atoms with Crippen LogP contribution >= 0.6 is 11.6 Å². The van der Waals surface area contributed by atoms with Crippen molar-refractivity contribution in [1.82, 2.24) is 0 Å². The predicted molar refractivity (Wildman–Crippen MR) is 59.7 cm³/mol. The lowest BCUT2D eigenvalue weighted by molar-refractivity contribution is 0.367. The third-order valence-corrected chi connectivity index (χ3v) is 2.09. The number of halogens is 1. The van der Waals surface area contributed by atoms with Crippen molar-refractivity contribution in [2.45, 2.75) is 6.42 Å². The van der Waals surface area contributed by atoms with E-state index >= 15 is 0 Å². The van der Waals surface area contributed by atoms with Crippen molar-refractivity contribution >= 4 is 11.6 Å². The number of benzene rings is 1. The second-order valence-corrected chi connectivity index (χ2v) is 3.11. The monoisotopic (exact) mass is 206 g/mol. The van der Waals surface area contributed by atoms with Crippen LogP contribution in [0.2, 0.25) is 5.02 Å². The fraction of sp³-hybridized carbons (Fsp3) is 0.167. The number of hydrogen-bond acceptors (Lipinski definition) is 1. The number of ether oxygens (including phenoxy) is 1. The first kappa shape index (κ1) is 10.7. The average molecular weight is 207 g/mol. The molecule has 14 heavy (non-hydrogen) atoms. The third-order valence-electron chi connectivity index (χ3n) is 1.74. The van der Waals surface area contributed by atoms with Crippen molar-refractivity contribution in [3.63, 3.8) is 0 Å². The van der Waals surface area contributed by atoms with Gasteiger partial charge in [-0.2, -0.15) is 0 Å². The molecule has 0 radical (unpaired) electrons. The zero-order valence-corrected chi connectivity index (χ0v) is 8.55. The van der Waals surface area contributed by atoms with E-state index in [1.165, 1.54) is 0 Å². The molecule has 0 aromatic heterocycles. The highest BCUT2D eigenvalue weighted by Crippen LogP contribution is 2.26. The number of hydrogen-bond donors (Lipinski definition) is 0. The summed E-state index contributed by atoms with van der Waals surface area (Å²) >= 11 is 6.01. The topological polar surface area (TPSA) is 9.23 Å². The molecule has 0 saturated heterocycles. The largest absolute Gasteiger partial charge is 0.481 e. The van der Waals surface area contributed by atoms with Crippen LogP contribution in [0.4, 0.5) is 0 Å². The summed E-state index contributed by atoms with van der Waals surface area (Å²) in [6.07, 6.45) is 7.57. The Hall–Kier alpha value is -1.39. The molecule has 0 bridgehead atoms. The van der Waals surface area contributed by atoms with E-state index in [1.54, 1.807) is 6.08 Å². The van der Waals surface area contributed by atoms with Gasteiger partial charge >= 0.3 is 0 Å². The van der Waals surface area contributed by atoms with E-state index in [1.807, 2.05) is 18.2 Å². The van der Waals surface area contributed by atoms with Crippen LogP contribution < -0.4 is 4.74 Å². The fourth-order valence-corrected chi connectivity index (χ4v) is 1.38. The zero-order chi connectivity index (χ0) is 10.4. The Labute approximate surface area is 89.3 Å². The lowest BCUT2D eigenvalue weighted by Gasteiger charge is -2.09. The lowest BCUT2D eigenvalue weighted by Crippen LogP contribution is -1.97. The molecule has 72 valence electrons. The summed E-state index contributed by atoms with van der Waals surface area (Å²) in [7, 11) is 0. The molecule has 0 heterocycles. The maximum atomic E-state index is 6.01. The quantitative estimate of drug-likeness (QED) is 0.544. The van der Waals surface area contributed by atoms with Crippen LogP contribution in [0.3, 0.4) is 0 Å². The summed E-state index contributed by atoms with van der Waals surface area (Å²) in [6, 6.07) is 5.51. The van der Waals surface area contributed by atoms with Gasteiger partial charge in [0.15, 0.2) is 0 Å². The summed E-state index contributed by atoms with van der Waals surface area (Å²) in [4.78, 5) is 0. The van der Waals surface area contributed by atoms with Crippen molar-refractivity contribution in [1.29, 1.82) is 0 Å². The maximum Gasteiger partial charge on any atom is 0.148 e. The molecule has 0 unspecified atom stereocenters. The standard InChI is InChI=1S/C12H11ClO/c1-3-6-10-11(13)7-5-8-12(10)14-9-4-2/h2-3,5,7-8H,1,6,9H2. The van der Waals surface area contributed by atoms with Gasteiger partial charge in [0, 0.05) is 10.6 Å². The van der Waals surface area contributed by atoms with E-state index in [0.717, 1.165) is 11.3 Å². The lowest BCUT2D eigenvalue weighted by atomic mass is 10.1. The number of allylic oxidation sites excluding steroid dienone is 1. The molecule has 0 N–H and O–H groups in total. The van der Waals surface area contributed by atoms with Gasteiger partial charge in [0.2, 0.25) is 0 Å². The summed E-state index contributed by atoms with van der Waals surface area (Å²) in [5, 5.41) is 0.680. The molecule has 0 fully saturated rings. The molecule has 1 aromatic rings. The first-order chi connectivity index (χ1) is 6.79. The Morgan fingerprint density at radius 1 is 1.57 bits per heavy atom. The Morgan fingerprint density at radius 2 is 2.36 bits per heavy atom. The minimum absolute atomic E-state index is 0.254. The maximum absolute atomic E-state index is 6.01. The van der Waals surface area contributed by atoms with E-state index in [4.69, 9.17) is 22.8 Å². The van der Waals surface area contributed by atoms with Crippen molar-refractivity contribution in [2.24, 2.45) is 0 Å². The SMILES string of the molecule is C#CCOc1cccc(Cl)c1CC=C. The van der Waals surface area contributed by atoms with E-state index in [9.17, 15) is 0 Å². The second-order valence-electron chi connectivity index (χ2n) is 2.70. The van der Waals surface area contributed by atoms with Gasteiger partial charge in [-0.05, 0) is 18.6 Å². The van der Waals surface area contributed by atoms with E-state index in [0.29, 0.717) is 11.4 Å². The van der Waals surface area contributed by atoms with Crippen LogP contribution in [-0.2, 0) is 6.42 Å². The van der Waals surface area contributed by atoms with E-state index < -0.39 is 0 Å². The minimum atomic E-state index is 0.254. The van der Waals surface area contributed by atoms with Crippen molar-refractivity contribution in [3.8, 4) is 18.1 Å². The van der Waals surface area contributed by atoms with Crippen LogP contribution in [0.15, 0.2) is 30.9 Å². The first-order valence-electron chi connectivity index (χ1n) is 4.24. The van der Waals surface area contributed by atoms with Crippen LogP contribution in [0.5, 0.6) is 5.75 Å². The Bertz CT molecular complexity index is 363. The fourth-order valence-electron chi connectivity index (χ4n) is 1.14. The Balaban J connectivity index is 2.96. The van der Waals surface area contributed by atoms with Gasteiger partial charge in [-0.1, -0.05) is 29.7 Å². The van der Waals surface area contributed by atoms with Crippen LogP contribution in [-0.4, -0.2) is 6.61 Å². The summed E-state index contributed by atoms with van der Waals surface area (Å²) in [5.41, 5.74) is 0.930. The molecule has 2 heteroatoms. The Kier molecular flexibility index (Phi) is 4.10. The van der Waals surface area contributed by atoms with Crippen LogP contribution in [0.1, 0.15) is 5.56 Å². The van der Waals surface area contributed by atoms with Gasteiger partial charge in [-0.25, -0.2) is 0 Å². The number of rotatable bonds is 4. The van der Waals surface area contributed by atoms with Gasteiger partial charge in [0.25, 0.3) is 0 Å². The normalized spacial score (nSPS) is 9.14. The average Bonchev–Trinajstić information content (AvgIpc) is 2.19. The summed E-state index contributed by atoms with van der Waals surface area (Å²) in [5.74, 6) is 3.15. The minimum Gasteiger partial charge on any atom is -0.481 e. The van der Waals surface area contributed by atoms with E-state index in [-0.39, 0.29) is 6.61 Å². The number of terminal acetylenes is 1. The Morgan fingerprint density at radius 3 is 3.00 bits per heavy atom. The van der Waals surface area contributed by atoms with Crippen molar-refractivity contribution in [3.05, 3.63) is 41.4 Å². The molecule has 0 aliphatic rings. The van der Waals surface area contributed by atoms with Crippen LogP contribution in [0, 0.1) is 12.3 Å². The molecule has 0 amide bonds. The summed E-state index contributed by atoms with van der Waals surface area (Å²) in [6.45, 7) is 3.92. The molecule has 0 atom stereocenters. The highest BCUT2D eigenvalue weighted by Gasteiger charge is 2.05. The molecule has 1 aromatic carbocycles. The highest BCUT2D eigenvalue weighted by molar-refractivity contribution is 6.31. The molecule has 1 nitrogen and oxygen atoms in total. The zero-order valence-electron chi connectivity index (χ0n) is 7.79. The molecular weight excluding hydrogens is 196 g/mol. The molecule has 0 spiro atoms.